The number of aromatic amines is 2. The van der Waals surface area contributed by atoms with Crippen molar-refractivity contribution in [2.24, 2.45) is 0 Å². The highest BCUT2D eigenvalue weighted by Gasteiger charge is 2.12. The van der Waals surface area contributed by atoms with Crippen LogP contribution in [0.2, 0.25) is 0 Å². The zero-order chi connectivity index (χ0) is 21.2. The second-order valence-electron chi connectivity index (χ2n) is 6.77. The van der Waals surface area contributed by atoms with E-state index in [0.717, 1.165) is 27.4 Å². The summed E-state index contributed by atoms with van der Waals surface area (Å²) in [7, 11) is 0. The van der Waals surface area contributed by atoms with E-state index in [2.05, 4.69) is 54.9 Å². The Bertz CT molecular complexity index is 1360. The molecule has 0 atom stereocenters. The first-order chi connectivity index (χ1) is 15.2. The first-order valence-corrected chi connectivity index (χ1v) is 10.3. The van der Waals surface area contributed by atoms with Crippen LogP contribution in [-0.2, 0) is 5.75 Å². The maximum Gasteiger partial charge on any atom is 0.271 e. The largest absolute Gasteiger partial charge is 0.333 e. The average Bonchev–Trinajstić information content (AvgIpc) is 3.47. The maximum atomic E-state index is 10.9. The highest BCUT2D eigenvalue weighted by Crippen LogP contribution is 2.31. The SMILES string of the molecule is O=[N+]([O-])c1ccc2nc(SCc3ccc(-c4ccccc4-c4nn[nH]n4)cc3)[nH]c2c1. The summed E-state index contributed by atoms with van der Waals surface area (Å²) in [6.45, 7) is 0. The summed E-state index contributed by atoms with van der Waals surface area (Å²) in [6.07, 6.45) is 0. The highest BCUT2D eigenvalue weighted by molar-refractivity contribution is 7.98. The van der Waals surface area contributed by atoms with E-state index in [4.69, 9.17) is 0 Å². The van der Waals surface area contributed by atoms with Gasteiger partial charge in [0, 0.05) is 23.4 Å². The first-order valence-electron chi connectivity index (χ1n) is 9.36. The van der Waals surface area contributed by atoms with Crippen LogP contribution < -0.4 is 0 Å². The Hall–Kier alpha value is -4.05. The third-order valence-electron chi connectivity index (χ3n) is 4.81. The first kappa shape index (κ1) is 18.9. The topological polar surface area (TPSA) is 126 Å². The molecule has 0 aliphatic heterocycles. The van der Waals surface area contributed by atoms with E-state index in [1.807, 2.05) is 24.3 Å². The molecule has 0 spiro atoms. The average molecular weight is 429 g/mol. The number of nitrogens with one attached hydrogen (secondary N) is 2. The molecule has 2 aromatic heterocycles. The number of non-ortho nitro benzene ring substituents is 1. The Balaban J connectivity index is 1.33. The second-order valence-corrected chi connectivity index (χ2v) is 7.73. The molecule has 2 heterocycles. The zero-order valence-electron chi connectivity index (χ0n) is 16.0. The summed E-state index contributed by atoms with van der Waals surface area (Å²) < 4.78 is 0. The molecule has 5 rings (SSSR count). The summed E-state index contributed by atoms with van der Waals surface area (Å²) >= 11 is 1.55. The van der Waals surface area contributed by atoms with Crippen LogP contribution in [-0.4, -0.2) is 35.5 Å². The summed E-state index contributed by atoms with van der Waals surface area (Å²) in [5, 5.41) is 26.0. The molecule has 0 radical (unpaired) electrons. The molecular weight excluding hydrogens is 414 g/mol. The number of hydrogen-bond donors (Lipinski definition) is 2. The van der Waals surface area contributed by atoms with Gasteiger partial charge in [0.05, 0.1) is 16.0 Å². The van der Waals surface area contributed by atoms with Gasteiger partial charge in [-0.25, -0.2) is 4.98 Å². The fourth-order valence-electron chi connectivity index (χ4n) is 3.29. The Morgan fingerprint density at radius 2 is 1.81 bits per heavy atom. The van der Waals surface area contributed by atoms with Crippen molar-refractivity contribution < 1.29 is 4.92 Å². The molecule has 0 bridgehead atoms. The van der Waals surface area contributed by atoms with E-state index in [9.17, 15) is 10.1 Å². The van der Waals surface area contributed by atoms with Crippen molar-refractivity contribution in [3.05, 3.63) is 82.4 Å². The minimum atomic E-state index is -0.411. The quantitative estimate of drug-likeness (QED) is 0.229. The summed E-state index contributed by atoms with van der Waals surface area (Å²) in [5.74, 6) is 1.27. The van der Waals surface area contributed by atoms with E-state index >= 15 is 0 Å². The minimum Gasteiger partial charge on any atom is -0.333 e. The minimum absolute atomic E-state index is 0.0457. The van der Waals surface area contributed by atoms with Gasteiger partial charge in [0.25, 0.3) is 5.69 Å². The molecule has 9 nitrogen and oxygen atoms in total. The van der Waals surface area contributed by atoms with Crippen molar-refractivity contribution >= 4 is 28.5 Å². The number of fused-ring (bicyclic) bond motifs is 1. The van der Waals surface area contributed by atoms with Crippen LogP contribution in [0.25, 0.3) is 33.5 Å². The molecule has 2 N–H and O–H groups in total. The molecular formula is C21H15N7O2S. The van der Waals surface area contributed by atoms with E-state index in [0.29, 0.717) is 22.6 Å². The van der Waals surface area contributed by atoms with Gasteiger partial charge in [-0.05, 0) is 28.0 Å². The third kappa shape index (κ3) is 3.88. The summed E-state index contributed by atoms with van der Waals surface area (Å²) in [5.41, 5.74) is 5.55. The lowest BCUT2D eigenvalue weighted by molar-refractivity contribution is -0.384. The molecule has 0 fully saturated rings. The van der Waals surface area contributed by atoms with Gasteiger partial charge in [0.15, 0.2) is 5.16 Å². The lowest BCUT2D eigenvalue weighted by Gasteiger charge is -2.07. The zero-order valence-corrected chi connectivity index (χ0v) is 16.8. The van der Waals surface area contributed by atoms with Crippen molar-refractivity contribution in [2.75, 3.05) is 0 Å². The predicted octanol–water partition coefficient (Wildman–Crippen LogP) is 4.61. The number of benzene rings is 3. The molecule has 3 aromatic carbocycles. The Morgan fingerprint density at radius 1 is 1.00 bits per heavy atom. The molecule has 0 saturated heterocycles. The number of aromatic nitrogens is 6. The molecule has 152 valence electrons. The van der Waals surface area contributed by atoms with Gasteiger partial charge in [-0.1, -0.05) is 60.3 Å². The molecule has 0 amide bonds. The van der Waals surface area contributed by atoms with Gasteiger partial charge >= 0.3 is 0 Å². The van der Waals surface area contributed by atoms with Crippen molar-refractivity contribution in [2.45, 2.75) is 10.9 Å². The van der Waals surface area contributed by atoms with Crippen LogP contribution in [0.4, 0.5) is 5.69 Å². The van der Waals surface area contributed by atoms with Crippen LogP contribution in [0.1, 0.15) is 5.56 Å². The number of nitrogens with zero attached hydrogens (tertiary/aromatic N) is 5. The standard InChI is InChI=1S/C21H15N7O2S/c29-28(30)15-9-10-18-19(11-15)23-21(22-18)31-12-13-5-7-14(8-6-13)16-3-1-2-4-17(16)20-24-26-27-25-20/h1-11H,12H2,(H,22,23)(H,24,25,26,27). The van der Waals surface area contributed by atoms with Crippen LogP contribution >= 0.6 is 11.8 Å². The molecule has 0 aliphatic carbocycles. The van der Waals surface area contributed by atoms with Gasteiger partial charge in [0.2, 0.25) is 5.82 Å². The van der Waals surface area contributed by atoms with Crippen molar-refractivity contribution in [3.63, 3.8) is 0 Å². The predicted molar refractivity (Wildman–Crippen MR) is 117 cm³/mol. The van der Waals surface area contributed by atoms with E-state index < -0.39 is 4.92 Å². The van der Waals surface area contributed by atoms with Crippen LogP contribution in [0.3, 0.4) is 0 Å². The number of H-pyrrole nitrogens is 2. The van der Waals surface area contributed by atoms with E-state index in [1.54, 1.807) is 17.8 Å². The molecule has 5 aromatic rings. The number of thioether (sulfide) groups is 1. The maximum absolute atomic E-state index is 10.9. The van der Waals surface area contributed by atoms with Crippen molar-refractivity contribution in [1.82, 2.24) is 30.6 Å². The Kier molecular flexibility index (Phi) is 4.89. The summed E-state index contributed by atoms with van der Waals surface area (Å²) in [6, 6.07) is 20.8. The second kappa shape index (κ2) is 8.00. The van der Waals surface area contributed by atoms with Crippen molar-refractivity contribution in [1.29, 1.82) is 0 Å². The number of hydrogen-bond acceptors (Lipinski definition) is 7. The Morgan fingerprint density at radius 3 is 2.55 bits per heavy atom. The molecule has 0 aliphatic rings. The van der Waals surface area contributed by atoms with Gasteiger partial charge in [-0.2, -0.15) is 5.21 Å². The summed E-state index contributed by atoms with van der Waals surface area (Å²) in [4.78, 5) is 18.2. The normalized spacial score (nSPS) is 11.1. The van der Waals surface area contributed by atoms with Gasteiger partial charge in [0.1, 0.15) is 0 Å². The van der Waals surface area contributed by atoms with Crippen LogP contribution in [0, 0.1) is 10.1 Å². The van der Waals surface area contributed by atoms with Crippen LogP contribution in [0.5, 0.6) is 0 Å². The lowest BCUT2D eigenvalue weighted by Crippen LogP contribution is -1.88. The number of tetrazole rings is 1. The number of nitro benzene ring substituents is 1. The number of imidazole rings is 1. The van der Waals surface area contributed by atoms with Crippen molar-refractivity contribution in [3.8, 4) is 22.5 Å². The van der Waals surface area contributed by atoms with E-state index in [1.165, 1.54) is 12.1 Å². The smallest absolute Gasteiger partial charge is 0.271 e. The highest BCUT2D eigenvalue weighted by atomic mass is 32.2. The Labute approximate surface area is 180 Å². The number of rotatable bonds is 6. The molecule has 0 unspecified atom stereocenters. The monoisotopic (exact) mass is 429 g/mol. The van der Waals surface area contributed by atoms with E-state index in [-0.39, 0.29) is 5.69 Å². The fourth-order valence-corrected chi connectivity index (χ4v) is 4.13. The number of nitro groups is 1. The fraction of sp³-hybridized carbons (Fsp3) is 0.0476. The van der Waals surface area contributed by atoms with Crippen LogP contribution in [0.15, 0.2) is 71.9 Å². The molecule has 31 heavy (non-hydrogen) atoms. The third-order valence-corrected chi connectivity index (χ3v) is 5.75. The lowest BCUT2D eigenvalue weighted by atomic mass is 9.98. The van der Waals surface area contributed by atoms with Gasteiger partial charge < -0.3 is 4.98 Å². The van der Waals surface area contributed by atoms with Gasteiger partial charge in [-0.15, -0.1) is 10.2 Å². The van der Waals surface area contributed by atoms with Gasteiger partial charge in [-0.3, -0.25) is 10.1 Å². The molecule has 0 saturated carbocycles. The molecule has 10 heteroatoms.